The van der Waals surface area contributed by atoms with Crippen LogP contribution in [-0.4, -0.2) is 26.5 Å². The molecular formula is C23H24N2O5S. The average molecular weight is 441 g/mol. The predicted octanol–water partition coefficient (Wildman–Crippen LogP) is 4.75. The number of benzene rings is 1. The molecule has 3 aromatic rings. The molecule has 2 aliphatic rings. The van der Waals surface area contributed by atoms with Gasteiger partial charge in [0.15, 0.2) is 12.0 Å². The second-order valence-corrected chi connectivity index (χ2v) is 9.51. The van der Waals surface area contributed by atoms with Gasteiger partial charge in [-0.1, -0.05) is 37.1 Å². The molecule has 1 aromatic carbocycles. The Morgan fingerprint density at radius 2 is 2.00 bits per heavy atom. The molecule has 5 rings (SSSR count). The summed E-state index contributed by atoms with van der Waals surface area (Å²) in [5.41, 5.74) is 2.07. The summed E-state index contributed by atoms with van der Waals surface area (Å²) < 4.78 is 11.8. The number of aliphatic hydroxyl groups is 1. The Morgan fingerprint density at radius 3 is 2.74 bits per heavy atom. The van der Waals surface area contributed by atoms with Gasteiger partial charge in [-0.3, -0.25) is 14.9 Å². The zero-order valence-corrected chi connectivity index (χ0v) is 18.0. The van der Waals surface area contributed by atoms with Crippen molar-refractivity contribution in [3.05, 3.63) is 52.9 Å². The third kappa shape index (κ3) is 4.02. The smallest absolute Gasteiger partial charge is 0.286 e. The summed E-state index contributed by atoms with van der Waals surface area (Å²) >= 11 is 1.02. The van der Waals surface area contributed by atoms with E-state index in [1.54, 1.807) is 6.07 Å². The minimum absolute atomic E-state index is 0.256. The van der Waals surface area contributed by atoms with Crippen LogP contribution >= 0.6 is 11.8 Å². The lowest BCUT2D eigenvalue weighted by Crippen LogP contribution is -2.25. The van der Waals surface area contributed by atoms with E-state index in [0.29, 0.717) is 41.0 Å². The predicted molar refractivity (Wildman–Crippen MR) is 116 cm³/mol. The number of hydrogen-bond acceptors (Lipinski definition) is 7. The van der Waals surface area contributed by atoms with Gasteiger partial charge in [-0.05, 0) is 49.9 Å². The molecule has 2 amide bonds. The molecule has 1 aliphatic heterocycles. The molecule has 162 valence electrons. The number of carbonyl (C=O) groups excluding carboxylic acids is 2. The Kier molecular flexibility index (Phi) is 5.35. The van der Waals surface area contributed by atoms with Crippen LogP contribution in [0.1, 0.15) is 72.8 Å². The van der Waals surface area contributed by atoms with E-state index < -0.39 is 11.4 Å². The van der Waals surface area contributed by atoms with Gasteiger partial charge in [0, 0.05) is 11.3 Å². The monoisotopic (exact) mass is 440 g/mol. The number of imide groups is 1. The molecule has 0 radical (unpaired) electrons. The third-order valence-corrected chi connectivity index (χ3v) is 7.10. The molecule has 2 N–H and O–H groups in total. The number of thioether (sulfide) groups is 1. The molecule has 2 aromatic heterocycles. The zero-order chi connectivity index (χ0) is 21.5. The second kappa shape index (κ2) is 8.16. The molecule has 3 heterocycles. The molecule has 0 bridgehead atoms. The summed E-state index contributed by atoms with van der Waals surface area (Å²) in [5, 5.41) is 13.4. The average Bonchev–Trinajstić information content (AvgIpc) is 3.44. The Morgan fingerprint density at radius 1 is 1.19 bits per heavy atom. The van der Waals surface area contributed by atoms with Crippen molar-refractivity contribution >= 4 is 33.9 Å². The lowest BCUT2D eigenvalue weighted by atomic mass is 9.89. The highest BCUT2D eigenvalue weighted by molar-refractivity contribution is 8.15. The second-order valence-electron chi connectivity index (χ2n) is 8.34. The van der Waals surface area contributed by atoms with Gasteiger partial charge >= 0.3 is 0 Å². The number of carbonyl (C=O) groups is 2. The summed E-state index contributed by atoms with van der Waals surface area (Å²) in [5.74, 6) is 1.80. The highest BCUT2D eigenvalue weighted by Crippen LogP contribution is 2.36. The first-order valence-corrected chi connectivity index (χ1v) is 11.5. The fraction of sp³-hybridized carbons (Fsp3) is 0.435. The van der Waals surface area contributed by atoms with Crippen molar-refractivity contribution in [3.8, 4) is 0 Å². The van der Waals surface area contributed by atoms with Crippen molar-refractivity contribution in [1.82, 2.24) is 10.3 Å². The first kappa shape index (κ1) is 20.3. The van der Waals surface area contributed by atoms with Gasteiger partial charge in [-0.25, -0.2) is 4.98 Å². The molecule has 2 unspecified atom stereocenters. The molecular weight excluding hydrogens is 416 g/mol. The normalized spacial score (nSPS) is 21.0. The summed E-state index contributed by atoms with van der Waals surface area (Å²) in [6.45, 7) is 1.82. The largest absolute Gasteiger partial charge is 0.458 e. The lowest BCUT2D eigenvalue weighted by molar-refractivity contribution is -0.118. The summed E-state index contributed by atoms with van der Waals surface area (Å²) in [7, 11) is 0. The topological polar surface area (TPSA) is 106 Å². The van der Waals surface area contributed by atoms with Gasteiger partial charge in [-0.15, -0.1) is 0 Å². The van der Waals surface area contributed by atoms with Crippen molar-refractivity contribution in [2.45, 2.75) is 62.7 Å². The highest BCUT2D eigenvalue weighted by atomic mass is 32.2. The zero-order valence-electron chi connectivity index (χ0n) is 17.2. The molecule has 0 spiro atoms. The number of aryl methyl sites for hydroxylation is 1. The van der Waals surface area contributed by atoms with E-state index >= 15 is 0 Å². The maximum atomic E-state index is 11.8. The number of hydrogen-bond donors (Lipinski definition) is 2. The molecule has 2 atom stereocenters. The number of rotatable bonds is 5. The molecule has 8 heteroatoms. The van der Waals surface area contributed by atoms with Gasteiger partial charge in [-0.2, -0.15) is 0 Å². The van der Waals surface area contributed by atoms with Gasteiger partial charge in [0.1, 0.15) is 22.8 Å². The standard InChI is InChI=1S/C23H24N2O5S/c1-12-19(24-22(29-12)14-5-3-2-4-6-14)20(26)17-11-15-9-13(7-8-16(15)30-17)10-18-21(27)25-23(28)31-18/h7-9,11,14,18,20,26H,2-6,10H2,1H3,(H,25,27,28). The SMILES string of the molecule is Cc1oc(C2CCCCC2)nc1C(O)c1cc2cc(CC3SC(=O)NC3=O)ccc2o1. The summed E-state index contributed by atoms with van der Waals surface area (Å²) in [6.07, 6.45) is 5.22. The molecule has 31 heavy (non-hydrogen) atoms. The number of amides is 2. The van der Waals surface area contributed by atoms with Crippen molar-refractivity contribution in [3.63, 3.8) is 0 Å². The number of aromatic nitrogens is 1. The minimum Gasteiger partial charge on any atom is -0.458 e. The van der Waals surface area contributed by atoms with Crippen molar-refractivity contribution in [2.75, 3.05) is 0 Å². The Labute approximate surface area is 183 Å². The first-order chi connectivity index (χ1) is 15.0. The van der Waals surface area contributed by atoms with Gasteiger partial charge < -0.3 is 13.9 Å². The fourth-order valence-corrected chi connectivity index (χ4v) is 5.32. The Balaban J connectivity index is 1.37. The number of furan rings is 1. The van der Waals surface area contributed by atoms with E-state index in [1.165, 1.54) is 19.3 Å². The minimum atomic E-state index is -1.01. The fourth-order valence-electron chi connectivity index (χ4n) is 4.46. The Bertz CT molecular complexity index is 1140. The summed E-state index contributed by atoms with van der Waals surface area (Å²) in [4.78, 5) is 27.8. The van der Waals surface area contributed by atoms with E-state index in [4.69, 9.17) is 8.83 Å². The van der Waals surface area contributed by atoms with Crippen LogP contribution < -0.4 is 5.32 Å². The van der Waals surface area contributed by atoms with Crippen LogP contribution in [0.3, 0.4) is 0 Å². The van der Waals surface area contributed by atoms with Crippen molar-refractivity contribution in [1.29, 1.82) is 0 Å². The quantitative estimate of drug-likeness (QED) is 0.589. The first-order valence-electron chi connectivity index (χ1n) is 10.7. The molecule has 1 saturated heterocycles. The van der Waals surface area contributed by atoms with E-state index in [1.807, 2.05) is 25.1 Å². The lowest BCUT2D eigenvalue weighted by Gasteiger charge is -2.17. The molecule has 1 aliphatic carbocycles. The van der Waals surface area contributed by atoms with E-state index in [-0.39, 0.29) is 11.1 Å². The number of nitrogens with one attached hydrogen (secondary N) is 1. The van der Waals surface area contributed by atoms with E-state index in [9.17, 15) is 14.7 Å². The van der Waals surface area contributed by atoms with Gasteiger partial charge in [0.2, 0.25) is 5.91 Å². The number of fused-ring (bicyclic) bond motifs is 1. The van der Waals surface area contributed by atoms with Crippen molar-refractivity contribution in [2.24, 2.45) is 0 Å². The van der Waals surface area contributed by atoms with Crippen molar-refractivity contribution < 1.29 is 23.5 Å². The Hall–Kier alpha value is -2.58. The van der Waals surface area contributed by atoms with Gasteiger partial charge in [0.25, 0.3) is 5.24 Å². The van der Waals surface area contributed by atoms with Crippen LogP contribution in [0.5, 0.6) is 0 Å². The van der Waals surface area contributed by atoms with E-state index in [2.05, 4.69) is 10.3 Å². The maximum absolute atomic E-state index is 11.8. The van der Waals surface area contributed by atoms with Crippen LogP contribution in [0.2, 0.25) is 0 Å². The van der Waals surface area contributed by atoms with Crippen LogP contribution in [0.15, 0.2) is 33.1 Å². The number of oxazole rings is 1. The van der Waals surface area contributed by atoms with Crippen LogP contribution in [-0.2, 0) is 11.2 Å². The number of aliphatic hydroxyl groups excluding tert-OH is 1. The summed E-state index contributed by atoms with van der Waals surface area (Å²) in [6, 6.07) is 7.42. The number of nitrogens with zero attached hydrogens (tertiary/aromatic N) is 1. The van der Waals surface area contributed by atoms with Crippen LogP contribution in [0, 0.1) is 6.92 Å². The maximum Gasteiger partial charge on any atom is 0.286 e. The van der Waals surface area contributed by atoms with Crippen LogP contribution in [0.4, 0.5) is 4.79 Å². The van der Waals surface area contributed by atoms with Gasteiger partial charge in [0.05, 0.1) is 5.25 Å². The molecule has 2 fully saturated rings. The highest BCUT2D eigenvalue weighted by Gasteiger charge is 2.32. The molecule has 7 nitrogen and oxygen atoms in total. The van der Waals surface area contributed by atoms with E-state index in [0.717, 1.165) is 35.6 Å². The van der Waals surface area contributed by atoms with Crippen LogP contribution in [0.25, 0.3) is 11.0 Å². The third-order valence-electron chi connectivity index (χ3n) is 6.12. The molecule has 1 saturated carbocycles.